The van der Waals surface area contributed by atoms with Gasteiger partial charge in [0.25, 0.3) is 0 Å². The first-order chi connectivity index (χ1) is 9.68. The molecule has 3 rings (SSSR count). The molecule has 0 aliphatic carbocycles. The Balaban J connectivity index is 2.18. The zero-order valence-corrected chi connectivity index (χ0v) is 11.8. The van der Waals surface area contributed by atoms with Crippen molar-refractivity contribution < 1.29 is 9.90 Å². The monoisotopic (exact) mass is 292 g/mol. The average Bonchev–Trinajstić information content (AvgIpc) is 2.72. The van der Waals surface area contributed by atoms with Gasteiger partial charge >= 0.3 is 11.7 Å². The fourth-order valence-electron chi connectivity index (χ4n) is 2.82. The molecular weight excluding hydrogens is 276 g/mol. The minimum atomic E-state index is -0.991. The maximum absolute atomic E-state index is 12.6. The molecule has 1 aromatic carbocycles. The Bertz CT molecular complexity index is 698. The van der Waals surface area contributed by atoms with Crippen molar-refractivity contribution in [2.75, 3.05) is 11.5 Å². The van der Waals surface area contributed by atoms with E-state index in [1.807, 2.05) is 36.0 Å². The first-order valence-corrected chi connectivity index (χ1v) is 7.83. The van der Waals surface area contributed by atoms with E-state index in [9.17, 15) is 9.59 Å². The van der Waals surface area contributed by atoms with Gasteiger partial charge in [-0.2, -0.15) is 11.8 Å². The van der Waals surface area contributed by atoms with Gasteiger partial charge in [-0.1, -0.05) is 12.1 Å². The van der Waals surface area contributed by atoms with Gasteiger partial charge in [0, 0.05) is 6.04 Å². The molecule has 2 heterocycles. The van der Waals surface area contributed by atoms with Gasteiger partial charge in [-0.05, 0) is 36.5 Å². The molecule has 1 aliphatic rings. The van der Waals surface area contributed by atoms with Gasteiger partial charge in [0.05, 0.1) is 11.0 Å². The number of carboxylic acids is 1. The van der Waals surface area contributed by atoms with Crippen LogP contribution in [-0.2, 0) is 11.3 Å². The normalized spacial score (nSPS) is 16.6. The van der Waals surface area contributed by atoms with E-state index in [4.69, 9.17) is 5.11 Å². The van der Waals surface area contributed by atoms with E-state index in [0.717, 1.165) is 29.9 Å². The second-order valence-electron chi connectivity index (χ2n) is 4.96. The smallest absolute Gasteiger partial charge is 0.329 e. The quantitative estimate of drug-likeness (QED) is 0.939. The largest absolute Gasteiger partial charge is 0.480 e. The number of carbonyl (C=O) groups is 1. The van der Waals surface area contributed by atoms with Crippen molar-refractivity contribution in [2.45, 2.75) is 25.4 Å². The molecule has 1 aromatic heterocycles. The molecule has 0 unspecified atom stereocenters. The standard InChI is InChI=1S/C14H16N2O3S/c17-13(18)9-15-11-3-1-2-4-12(11)16(14(15)19)10-5-7-20-8-6-10/h1-4,10H,5-9H2,(H,17,18). The second-order valence-corrected chi connectivity index (χ2v) is 6.19. The highest BCUT2D eigenvalue weighted by molar-refractivity contribution is 7.99. The minimum Gasteiger partial charge on any atom is -0.480 e. The van der Waals surface area contributed by atoms with Gasteiger partial charge in [-0.15, -0.1) is 0 Å². The number of imidazole rings is 1. The van der Waals surface area contributed by atoms with Gasteiger partial charge in [0.2, 0.25) is 0 Å². The van der Waals surface area contributed by atoms with E-state index >= 15 is 0 Å². The van der Waals surface area contributed by atoms with Gasteiger partial charge < -0.3 is 5.11 Å². The van der Waals surface area contributed by atoms with Gasteiger partial charge in [-0.25, -0.2) is 4.79 Å². The van der Waals surface area contributed by atoms with Crippen LogP contribution in [0.2, 0.25) is 0 Å². The van der Waals surface area contributed by atoms with E-state index in [1.165, 1.54) is 4.57 Å². The van der Waals surface area contributed by atoms with Crippen molar-refractivity contribution in [3.8, 4) is 0 Å². The molecule has 0 saturated carbocycles. The average molecular weight is 292 g/mol. The summed E-state index contributed by atoms with van der Waals surface area (Å²) in [6.45, 7) is -0.284. The Morgan fingerprint density at radius 1 is 1.25 bits per heavy atom. The van der Waals surface area contributed by atoms with Crippen LogP contribution < -0.4 is 5.69 Å². The van der Waals surface area contributed by atoms with Crippen LogP contribution >= 0.6 is 11.8 Å². The van der Waals surface area contributed by atoms with Gasteiger partial charge in [0.1, 0.15) is 6.54 Å². The summed E-state index contributed by atoms with van der Waals surface area (Å²) in [6.07, 6.45) is 1.93. The fourth-order valence-corrected chi connectivity index (χ4v) is 3.90. The van der Waals surface area contributed by atoms with Crippen LogP contribution in [0.1, 0.15) is 18.9 Å². The Morgan fingerprint density at radius 2 is 1.90 bits per heavy atom. The maximum atomic E-state index is 12.6. The molecule has 0 spiro atoms. The van der Waals surface area contributed by atoms with Gasteiger partial charge in [-0.3, -0.25) is 13.9 Å². The fraction of sp³-hybridized carbons (Fsp3) is 0.429. The predicted molar refractivity (Wildman–Crippen MR) is 79.4 cm³/mol. The van der Waals surface area contributed by atoms with E-state index < -0.39 is 5.97 Å². The molecule has 1 aliphatic heterocycles. The van der Waals surface area contributed by atoms with Crippen molar-refractivity contribution in [2.24, 2.45) is 0 Å². The number of benzene rings is 1. The highest BCUT2D eigenvalue weighted by atomic mass is 32.2. The Labute approximate surface area is 120 Å². The molecule has 0 bridgehead atoms. The molecule has 1 fully saturated rings. The van der Waals surface area contributed by atoms with Crippen LogP contribution in [0, 0.1) is 0 Å². The first-order valence-electron chi connectivity index (χ1n) is 6.68. The Hall–Kier alpha value is -1.69. The summed E-state index contributed by atoms with van der Waals surface area (Å²) in [5.41, 5.74) is 1.35. The molecule has 6 heteroatoms. The first kappa shape index (κ1) is 13.3. The second kappa shape index (κ2) is 5.36. The topological polar surface area (TPSA) is 64.2 Å². The molecule has 20 heavy (non-hydrogen) atoms. The van der Waals surface area contributed by atoms with Crippen molar-refractivity contribution >= 4 is 28.8 Å². The molecule has 0 amide bonds. The molecular formula is C14H16N2O3S. The number of hydrogen-bond donors (Lipinski definition) is 1. The van der Waals surface area contributed by atoms with E-state index in [2.05, 4.69) is 0 Å². The van der Waals surface area contributed by atoms with Crippen LogP contribution in [0.25, 0.3) is 11.0 Å². The highest BCUT2D eigenvalue weighted by Gasteiger charge is 2.22. The van der Waals surface area contributed by atoms with Crippen LogP contribution in [0.3, 0.4) is 0 Å². The van der Waals surface area contributed by atoms with E-state index in [1.54, 1.807) is 4.57 Å². The van der Waals surface area contributed by atoms with Crippen LogP contribution in [0.5, 0.6) is 0 Å². The van der Waals surface area contributed by atoms with E-state index in [0.29, 0.717) is 5.52 Å². The van der Waals surface area contributed by atoms with Crippen LogP contribution in [-0.4, -0.2) is 31.7 Å². The van der Waals surface area contributed by atoms with Crippen molar-refractivity contribution in [1.29, 1.82) is 0 Å². The summed E-state index contributed by atoms with van der Waals surface area (Å²) in [7, 11) is 0. The Morgan fingerprint density at radius 3 is 2.55 bits per heavy atom. The number of hydrogen-bond acceptors (Lipinski definition) is 3. The molecule has 1 saturated heterocycles. The zero-order valence-electron chi connectivity index (χ0n) is 11.0. The summed E-state index contributed by atoms with van der Waals surface area (Å²) < 4.78 is 3.15. The third-order valence-corrected chi connectivity index (χ3v) is 4.77. The number of thioether (sulfide) groups is 1. The summed E-state index contributed by atoms with van der Waals surface area (Å²) in [5, 5.41) is 9.00. The molecule has 1 N–H and O–H groups in total. The molecule has 106 valence electrons. The van der Waals surface area contributed by atoms with Crippen molar-refractivity contribution in [3.05, 3.63) is 34.7 Å². The lowest BCUT2D eigenvalue weighted by molar-refractivity contribution is -0.137. The number of rotatable bonds is 3. The minimum absolute atomic E-state index is 0.184. The third-order valence-electron chi connectivity index (χ3n) is 3.72. The van der Waals surface area contributed by atoms with Crippen molar-refractivity contribution in [3.63, 3.8) is 0 Å². The lowest BCUT2D eigenvalue weighted by Gasteiger charge is -2.22. The Kier molecular flexibility index (Phi) is 3.56. The summed E-state index contributed by atoms with van der Waals surface area (Å²) >= 11 is 1.91. The molecule has 0 atom stereocenters. The third kappa shape index (κ3) is 2.24. The van der Waals surface area contributed by atoms with Crippen LogP contribution in [0.4, 0.5) is 0 Å². The summed E-state index contributed by atoms with van der Waals surface area (Å²) in [4.78, 5) is 23.6. The van der Waals surface area contributed by atoms with Crippen LogP contribution in [0.15, 0.2) is 29.1 Å². The number of aromatic nitrogens is 2. The summed E-state index contributed by atoms with van der Waals surface area (Å²) in [6, 6.07) is 7.62. The number of aliphatic carboxylic acids is 1. The van der Waals surface area contributed by atoms with E-state index in [-0.39, 0.29) is 18.3 Å². The maximum Gasteiger partial charge on any atom is 0.329 e. The van der Waals surface area contributed by atoms with Crippen molar-refractivity contribution in [1.82, 2.24) is 9.13 Å². The lowest BCUT2D eigenvalue weighted by Crippen LogP contribution is -2.30. The predicted octanol–water partition coefficient (Wildman–Crippen LogP) is 1.96. The number of nitrogens with zero attached hydrogens (tertiary/aromatic N) is 2. The molecule has 5 nitrogen and oxygen atoms in total. The zero-order chi connectivity index (χ0) is 14.1. The molecule has 2 aromatic rings. The number of para-hydroxylation sites is 2. The molecule has 0 radical (unpaired) electrons. The SMILES string of the molecule is O=C(O)Cn1c(=O)n(C2CCSCC2)c2ccccc21. The number of carboxylic acid groups (broad SMARTS) is 1. The summed E-state index contributed by atoms with van der Waals surface area (Å²) in [5.74, 6) is 1.11. The lowest BCUT2D eigenvalue weighted by atomic mass is 10.1. The van der Waals surface area contributed by atoms with Gasteiger partial charge in [0.15, 0.2) is 0 Å². The number of fused-ring (bicyclic) bond motifs is 1. The highest BCUT2D eigenvalue weighted by Crippen LogP contribution is 2.28.